The Balaban J connectivity index is 2.01. The van der Waals surface area contributed by atoms with Crippen LogP contribution in [0.4, 0.5) is 5.69 Å². The molecule has 0 bridgehead atoms. The third kappa shape index (κ3) is 4.56. The first-order valence-corrected chi connectivity index (χ1v) is 7.70. The number of carbonyl (C=O) groups excluding carboxylic acids is 1. The number of nitriles is 1. The van der Waals surface area contributed by atoms with Crippen molar-refractivity contribution in [1.29, 1.82) is 5.26 Å². The molecule has 0 fully saturated rings. The minimum atomic E-state index is -0.421. The maximum absolute atomic E-state index is 12.3. The highest BCUT2D eigenvalue weighted by molar-refractivity contribution is 6.30. The minimum absolute atomic E-state index is 0.0272. The summed E-state index contributed by atoms with van der Waals surface area (Å²) in [6.07, 6.45) is 0. The molecular weight excluding hydrogens is 310 g/mol. The van der Waals surface area contributed by atoms with Crippen LogP contribution >= 0.6 is 11.6 Å². The maximum atomic E-state index is 12.3. The summed E-state index contributed by atoms with van der Waals surface area (Å²) in [5.74, 6) is -0.193. The highest BCUT2D eigenvalue weighted by atomic mass is 35.5. The lowest BCUT2D eigenvalue weighted by molar-refractivity contribution is -0.117. The Kier molecular flexibility index (Phi) is 5.75. The van der Waals surface area contributed by atoms with Crippen LogP contribution in [0.5, 0.6) is 0 Å². The number of halogens is 1. The van der Waals surface area contributed by atoms with E-state index in [9.17, 15) is 4.79 Å². The fraction of sp³-hybridized carbons (Fsp3) is 0.222. The van der Waals surface area contributed by atoms with Crippen molar-refractivity contribution >= 4 is 23.2 Å². The molecule has 5 heteroatoms. The summed E-state index contributed by atoms with van der Waals surface area (Å²) in [5.41, 5.74) is 1.97. The number of hydrogen-bond donors (Lipinski definition) is 2. The van der Waals surface area contributed by atoms with Crippen LogP contribution < -0.4 is 10.6 Å². The standard InChI is InChI=1S/C18H18ClN3O/c1-12(14-7-5-8-16(19)10-14)21-13(2)18(23)22-17-9-4-3-6-15(17)11-20/h3-10,12-13,21H,1-2H3,(H,22,23)/t12-,13+/m0/s1. The van der Waals surface area contributed by atoms with Crippen molar-refractivity contribution in [1.82, 2.24) is 5.32 Å². The van der Waals surface area contributed by atoms with Gasteiger partial charge in [-0.2, -0.15) is 5.26 Å². The van der Waals surface area contributed by atoms with Gasteiger partial charge >= 0.3 is 0 Å². The first-order valence-electron chi connectivity index (χ1n) is 7.32. The predicted molar refractivity (Wildman–Crippen MR) is 92.3 cm³/mol. The SMILES string of the molecule is C[C@H](N[C@H](C)C(=O)Nc1ccccc1C#N)c1cccc(Cl)c1. The molecule has 0 saturated heterocycles. The molecule has 0 unspecified atom stereocenters. The van der Waals surface area contributed by atoms with E-state index in [1.165, 1.54) is 0 Å². The summed E-state index contributed by atoms with van der Waals surface area (Å²) in [6.45, 7) is 3.75. The molecule has 118 valence electrons. The van der Waals surface area contributed by atoms with E-state index in [1.54, 1.807) is 31.2 Å². The van der Waals surface area contributed by atoms with Gasteiger partial charge in [0.05, 0.1) is 17.3 Å². The quantitative estimate of drug-likeness (QED) is 0.875. The predicted octanol–water partition coefficient (Wildman–Crippen LogP) is 3.89. The molecule has 1 amide bonds. The second kappa shape index (κ2) is 7.77. The van der Waals surface area contributed by atoms with E-state index >= 15 is 0 Å². The largest absolute Gasteiger partial charge is 0.324 e. The third-order valence-electron chi connectivity index (χ3n) is 3.55. The number of para-hydroxylation sites is 1. The summed E-state index contributed by atoms with van der Waals surface area (Å²) < 4.78 is 0. The van der Waals surface area contributed by atoms with Gasteiger partial charge < -0.3 is 5.32 Å². The first-order chi connectivity index (χ1) is 11.0. The summed E-state index contributed by atoms with van der Waals surface area (Å²) >= 11 is 5.99. The molecule has 0 aliphatic heterocycles. The van der Waals surface area contributed by atoms with Crippen LogP contribution in [0.1, 0.15) is 31.0 Å². The molecular formula is C18H18ClN3O. The van der Waals surface area contributed by atoms with Crippen molar-refractivity contribution in [3.05, 3.63) is 64.7 Å². The van der Waals surface area contributed by atoms with Gasteiger partial charge in [-0.15, -0.1) is 0 Å². The van der Waals surface area contributed by atoms with Crippen LogP contribution in [-0.4, -0.2) is 11.9 Å². The van der Waals surface area contributed by atoms with Crippen molar-refractivity contribution < 1.29 is 4.79 Å². The maximum Gasteiger partial charge on any atom is 0.241 e. The topological polar surface area (TPSA) is 64.9 Å². The van der Waals surface area contributed by atoms with Gasteiger partial charge in [-0.3, -0.25) is 10.1 Å². The fourth-order valence-electron chi connectivity index (χ4n) is 2.25. The van der Waals surface area contributed by atoms with Crippen LogP contribution in [0.2, 0.25) is 5.02 Å². The second-order valence-corrected chi connectivity index (χ2v) is 5.75. The van der Waals surface area contributed by atoms with Crippen molar-refractivity contribution in [2.75, 3.05) is 5.32 Å². The number of carbonyl (C=O) groups is 1. The average Bonchev–Trinajstić information content (AvgIpc) is 2.55. The normalized spacial score (nSPS) is 13.0. The molecule has 0 saturated carbocycles. The zero-order chi connectivity index (χ0) is 16.8. The lowest BCUT2D eigenvalue weighted by Crippen LogP contribution is -2.39. The molecule has 2 aromatic rings. The van der Waals surface area contributed by atoms with E-state index in [1.807, 2.05) is 31.2 Å². The Bertz CT molecular complexity index is 739. The Morgan fingerprint density at radius 2 is 1.91 bits per heavy atom. The summed E-state index contributed by atoms with van der Waals surface area (Å²) in [5, 5.41) is 15.7. The third-order valence-corrected chi connectivity index (χ3v) is 3.78. The lowest BCUT2D eigenvalue weighted by Gasteiger charge is -2.20. The molecule has 0 aromatic heterocycles. The summed E-state index contributed by atoms with van der Waals surface area (Å²) in [4.78, 5) is 12.3. The van der Waals surface area contributed by atoms with Gasteiger partial charge in [-0.1, -0.05) is 35.9 Å². The highest BCUT2D eigenvalue weighted by Gasteiger charge is 2.17. The molecule has 2 aromatic carbocycles. The van der Waals surface area contributed by atoms with E-state index in [0.29, 0.717) is 16.3 Å². The van der Waals surface area contributed by atoms with Gasteiger partial charge in [0.25, 0.3) is 0 Å². The summed E-state index contributed by atoms with van der Waals surface area (Å²) in [6, 6.07) is 16.1. The van der Waals surface area contributed by atoms with Gasteiger partial charge in [-0.25, -0.2) is 0 Å². The minimum Gasteiger partial charge on any atom is -0.324 e. The molecule has 0 aliphatic rings. The molecule has 0 aliphatic carbocycles. The van der Waals surface area contributed by atoms with Crippen LogP contribution in [-0.2, 0) is 4.79 Å². The van der Waals surface area contributed by atoms with E-state index in [4.69, 9.17) is 16.9 Å². The molecule has 2 rings (SSSR count). The number of anilines is 1. The fourth-order valence-corrected chi connectivity index (χ4v) is 2.45. The molecule has 0 radical (unpaired) electrons. The average molecular weight is 328 g/mol. The molecule has 23 heavy (non-hydrogen) atoms. The molecule has 2 N–H and O–H groups in total. The Morgan fingerprint density at radius 1 is 1.17 bits per heavy atom. The van der Waals surface area contributed by atoms with Gasteiger partial charge in [-0.05, 0) is 43.7 Å². The molecule has 0 spiro atoms. The van der Waals surface area contributed by atoms with Crippen LogP contribution in [0.3, 0.4) is 0 Å². The van der Waals surface area contributed by atoms with Crippen LogP contribution in [0.25, 0.3) is 0 Å². The molecule has 4 nitrogen and oxygen atoms in total. The van der Waals surface area contributed by atoms with E-state index in [2.05, 4.69) is 16.7 Å². The molecule has 2 atom stereocenters. The van der Waals surface area contributed by atoms with Crippen molar-refractivity contribution in [2.45, 2.75) is 25.9 Å². The smallest absolute Gasteiger partial charge is 0.241 e. The number of nitrogens with one attached hydrogen (secondary N) is 2. The Labute approximate surface area is 141 Å². The number of nitrogens with zero attached hydrogens (tertiary/aromatic N) is 1. The summed E-state index contributed by atoms with van der Waals surface area (Å²) in [7, 11) is 0. The van der Waals surface area contributed by atoms with Crippen molar-refractivity contribution in [2.24, 2.45) is 0 Å². The van der Waals surface area contributed by atoms with E-state index in [0.717, 1.165) is 5.56 Å². The zero-order valence-electron chi connectivity index (χ0n) is 13.0. The number of hydrogen-bond acceptors (Lipinski definition) is 3. The molecule has 0 heterocycles. The van der Waals surface area contributed by atoms with E-state index < -0.39 is 6.04 Å². The monoisotopic (exact) mass is 327 g/mol. The second-order valence-electron chi connectivity index (χ2n) is 5.31. The van der Waals surface area contributed by atoms with E-state index in [-0.39, 0.29) is 11.9 Å². The number of amides is 1. The van der Waals surface area contributed by atoms with Crippen LogP contribution in [0.15, 0.2) is 48.5 Å². The Hall–Kier alpha value is -2.35. The van der Waals surface area contributed by atoms with Gasteiger partial charge in [0, 0.05) is 11.1 Å². The van der Waals surface area contributed by atoms with Crippen LogP contribution in [0, 0.1) is 11.3 Å². The lowest BCUT2D eigenvalue weighted by atomic mass is 10.1. The van der Waals surface area contributed by atoms with Gasteiger partial charge in [0.2, 0.25) is 5.91 Å². The first kappa shape index (κ1) is 17.0. The Morgan fingerprint density at radius 3 is 2.61 bits per heavy atom. The highest BCUT2D eigenvalue weighted by Crippen LogP contribution is 2.18. The number of benzene rings is 2. The van der Waals surface area contributed by atoms with Crippen molar-refractivity contribution in [3.8, 4) is 6.07 Å². The van der Waals surface area contributed by atoms with Gasteiger partial charge in [0.15, 0.2) is 0 Å². The van der Waals surface area contributed by atoms with Crippen molar-refractivity contribution in [3.63, 3.8) is 0 Å². The van der Waals surface area contributed by atoms with Gasteiger partial charge in [0.1, 0.15) is 6.07 Å². The zero-order valence-corrected chi connectivity index (χ0v) is 13.8. The number of rotatable bonds is 5.